The van der Waals surface area contributed by atoms with Crippen LogP contribution in [-0.4, -0.2) is 31.7 Å². The Kier molecular flexibility index (Phi) is 7.32. The zero-order valence-electron chi connectivity index (χ0n) is 18.1. The number of aryl methyl sites for hydroxylation is 2. The largest absolute Gasteiger partial charge is 0.349 e. The Hall–Kier alpha value is -2.18. The number of benzene rings is 2. The molecule has 1 amide bonds. The molecule has 0 aromatic heterocycles. The quantitative estimate of drug-likeness (QED) is 0.722. The second kappa shape index (κ2) is 9.75. The maximum Gasteiger partial charge on any atom is 0.223 e. The van der Waals surface area contributed by atoms with Crippen LogP contribution < -0.4 is 5.32 Å². The molecule has 1 aliphatic rings. The van der Waals surface area contributed by atoms with Gasteiger partial charge in [-0.05, 0) is 49.8 Å². The Balaban J connectivity index is 1.58. The van der Waals surface area contributed by atoms with Gasteiger partial charge in [-0.2, -0.15) is 0 Å². The van der Waals surface area contributed by atoms with Crippen molar-refractivity contribution in [3.63, 3.8) is 0 Å². The summed E-state index contributed by atoms with van der Waals surface area (Å²) in [7, 11) is -3.36. The summed E-state index contributed by atoms with van der Waals surface area (Å²) in [4.78, 5) is 12.9. The molecule has 0 spiro atoms. The van der Waals surface area contributed by atoms with Crippen molar-refractivity contribution in [1.82, 2.24) is 9.62 Å². The van der Waals surface area contributed by atoms with Crippen LogP contribution in [0.15, 0.2) is 48.5 Å². The van der Waals surface area contributed by atoms with Crippen molar-refractivity contribution in [2.24, 2.45) is 5.92 Å². The lowest BCUT2D eigenvalue weighted by Crippen LogP contribution is -2.44. The SMILES string of the molecule is CC[C@H](NC(=O)C1CCN(S(=O)(=O)Cc2ccccc2)CC1)c1ccc(C)cc1C. The van der Waals surface area contributed by atoms with Gasteiger partial charge in [-0.25, -0.2) is 12.7 Å². The van der Waals surface area contributed by atoms with Crippen molar-refractivity contribution >= 4 is 15.9 Å². The molecule has 0 unspecified atom stereocenters. The number of nitrogens with zero attached hydrogens (tertiary/aromatic N) is 1. The summed E-state index contributed by atoms with van der Waals surface area (Å²) in [5.41, 5.74) is 4.33. The summed E-state index contributed by atoms with van der Waals surface area (Å²) in [5.74, 6) is -0.107. The zero-order valence-corrected chi connectivity index (χ0v) is 18.9. The molecule has 1 heterocycles. The number of amides is 1. The third kappa shape index (κ3) is 5.49. The molecule has 0 saturated carbocycles. The molecule has 0 radical (unpaired) electrons. The maximum atomic E-state index is 12.9. The zero-order chi connectivity index (χ0) is 21.7. The van der Waals surface area contributed by atoms with E-state index < -0.39 is 10.0 Å². The fourth-order valence-corrected chi connectivity index (χ4v) is 5.74. The Bertz CT molecular complexity index is 965. The van der Waals surface area contributed by atoms with Crippen LogP contribution in [0, 0.1) is 19.8 Å². The molecule has 162 valence electrons. The van der Waals surface area contributed by atoms with Gasteiger partial charge in [0, 0.05) is 19.0 Å². The van der Waals surface area contributed by atoms with E-state index in [1.54, 1.807) is 0 Å². The predicted molar refractivity (Wildman–Crippen MR) is 120 cm³/mol. The van der Waals surface area contributed by atoms with Crippen molar-refractivity contribution in [3.8, 4) is 0 Å². The lowest BCUT2D eigenvalue weighted by Gasteiger charge is -2.31. The summed E-state index contributed by atoms with van der Waals surface area (Å²) in [6.07, 6.45) is 1.94. The molecule has 1 fully saturated rings. The van der Waals surface area contributed by atoms with Gasteiger partial charge < -0.3 is 5.32 Å². The van der Waals surface area contributed by atoms with E-state index in [0.717, 1.165) is 17.5 Å². The van der Waals surface area contributed by atoms with Crippen molar-refractivity contribution in [2.75, 3.05) is 13.1 Å². The molecule has 0 aliphatic carbocycles. The summed E-state index contributed by atoms with van der Waals surface area (Å²) in [6.45, 7) is 7.01. The molecule has 0 bridgehead atoms. The molecule has 6 heteroatoms. The summed E-state index contributed by atoms with van der Waals surface area (Å²) in [5, 5.41) is 3.20. The monoisotopic (exact) mass is 428 g/mol. The molecule has 2 aromatic rings. The molecule has 5 nitrogen and oxygen atoms in total. The van der Waals surface area contributed by atoms with Gasteiger partial charge in [0.2, 0.25) is 15.9 Å². The van der Waals surface area contributed by atoms with E-state index in [0.29, 0.717) is 25.9 Å². The minimum absolute atomic E-state index is 0.00924. The average molecular weight is 429 g/mol. The van der Waals surface area contributed by atoms with E-state index >= 15 is 0 Å². The maximum absolute atomic E-state index is 12.9. The number of sulfonamides is 1. The van der Waals surface area contributed by atoms with Gasteiger partial charge in [-0.3, -0.25) is 4.79 Å². The average Bonchev–Trinajstić information content (AvgIpc) is 2.73. The lowest BCUT2D eigenvalue weighted by molar-refractivity contribution is -0.126. The van der Waals surface area contributed by atoms with Gasteiger partial charge in [0.05, 0.1) is 11.8 Å². The van der Waals surface area contributed by atoms with Crippen LogP contribution in [0.5, 0.6) is 0 Å². The van der Waals surface area contributed by atoms with Crippen LogP contribution in [0.3, 0.4) is 0 Å². The molecule has 1 saturated heterocycles. The molecule has 1 atom stereocenters. The molecule has 1 N–H and O–H groups in total. The summed E-state index contributed by atoms with van der Waals surface area (Å²) < 4.78 is 27.0. The topological polar surface area (TPSA) is 66.5 Å². The third-order valence-electron chi connectivity index (χ3n) is 5.94. The highest BCUT2D eigenvalue weighted by Crippen LogP contribution is 2.25. The van der Waals surface area contributed by atoms with Crippen molar-refractivity contribution in [3.05, 3.63) is 70.8 Å². The van der Waals surface area contributed by atoms with Gasteiger partial charge in [0.15, 0.2) is 0 Å². The predicted octanol–water partition coefficient (Wildman–Crippen LogP) is 4.11. The highest BCUT2D eigenvalue weighted by atomic mass is 32.2. The van der Waals surface area contributed by atoms with E-state index in [1.165, 1.54) is 15.4 Å². The summed E-state index contributed by atoms with van der Waals surface area (Å²) >= 11 is 0. The van der Waals surface area contributed by atoms with Gasteiger partial charge >= 0.3 is 0 Å². The standard InChI is InChI=1S/C24H32N2O3S/c1-4-23(22-11-10-18(2)16-19(22)3)25-24(27)21-12-14-26(15-13-21)30(28,29)17-20-8-6-5-7-9-20/h5-11,16,21,23H,4,12-15,17H2,1-3H3,(H,25,27)/t23-/m0/s1. The molecular formula is C24H32N2O3S. The van der Waals surface area contributed by atoms with Gasteiger partial charge in [-0.15, -0.1) is 0 Å². The van der Waals surface area contributed by atoms with Crippen molar-refractivity contribution in [2.45, 2.75) is 51.8 Å². The lowest BCUT2D eigenvalue weighted by atomic mass is 9.94. The fourth-order valence-electron chi connectivity index (χ4n) is 4.18. The third-order valence-corrected chi connectivity index (χ3v) is 7.79. The second-order valence-electron chi connectivity index (χ2n) is 8.24. The first-order valence-electron chi connectivity index (χ1n) is 10.7. The number of hydrogen-bond acceptors (Lipinski definition) is 3. The van der Waals surface area contributed by atoms with E-state index in [9.17, 15) is 13.2 Å². The normalized spacial score (nSPS) is 16.9. The van der Waals surface area contributed by atoms with Gasteiger partial charge in [0.1, 0.15) is 0 Å². The van der Waals surface area contributed by atoms with Crippen molar-refractivity contribution in [1.29, 1.82) is 0 Å². The highest BCUT2D eigenvalue weighted by molar-refractivity contribution is 7.88. The molecule has 1 aliphatic heterocycles. The van der Waals surface area contributed by atoms with Crippen LogP contribution in [0.1, 0.15) is 54.5 Å². The smallest absolute Gasteiger partial charge is 0.223 e. The number of nitrogens with one attached hydrogen (secondary N) is 1. The minimum atomic E-state index is -3.36. The van der Waals surface area contributed by atoms with Crippen LogP contribution in [-0.2, 0) is 20.6 Å². The number of piperidine rings is 1. The Labute approximate surface area is 180 Å². The Morgan fingerprint density at radius 3 is 2.37 bits per heavy atom. The first kappa shape index (κ1) is 22.5. The molecule has 3 rings (SSSR count). The molecular weight excluding hydrogens is 396 g/mol. The summed E-state index contributed by atoms with van der Waals surface area (Å²) in [6, 6.07) is 15.5. The van der Waals surface area contributed by atoms with Crippen LogP contribution >= 0.6 is 0 Å². The Morgan fingerprint density at radius 1 is 1.10 bits per heavy atom. The molecule has 2 aromatic carbocycles. The fraction of sp³-hybridized carbons (Fsp3) is 0.458. The van der Waals surface area contributed by atoms with E-state index in [2.05, 4.69) is 44.3 Å². The van der Waals surface area contributed by atoms with Crippen LogP contribution in [0.2, 0.25) is 0 Å². The van der Waals surface area contributed by atoms with Gasteiger partial charge in [0.25, 0.3) is 0 Å². The first-order valence-corrected chi connectivity index (χ1v) is 12.3. The number of carbonyl (C=O) groups is 1. The highest BCUT2D eigenvalue weighted by Gasteiger charge is 2.32. The number of carbonyl (C=O) groups excluding carboxylic acids is 1. The molecule has 30 heavy (non-hydrogen) atoms. The van der Waals surface area contributed by atoms with Crippen molar-refractivity contribution < 1.29 is 13.2 Å². The second-order valence-corrected chi connectivity index (χ2v) is 10.2. The minimum Gasteiger partial charge on any atom is -0.349 e. The Morgan fingerprint density at radius 2 is 1.77 bits per heavy atom. The van der Waals surface area contributed by atoms with Crippen LogP contribution in [0.25, 0.3) is 0 Å². The van der Waals surface area contributed by atoms with Crippen LogP contribution in [0.4, 0.5) is 0 Å². The number of hydrogen-bond donors (Lipinski definition) is 1. The van der Waals surface area contributed by atoms with E-state index in [4.69, 9.17) is 0 Å². The van der Waals surface area contributed by atoms with E-state index in [-0.39, 0.29) is 23.6 Å². The first-order chi connectivity index (χ1) is 14.3. The number of rotatable bonds is 7. The van der Waals surface area contributed by atoms with E-state index in [1.807, 2.05) is 30.3 Å². The van der Waals surface area contributed by atoms with Gasteiger partial charge in [-0.1, -0.05) is 61.0 Å².